The molecule has 2 N–H and O–H groups in total. The Bertz CT molecular complexity index is 365. The summed E-state index contributed by atoms with van der Waals surface area (Å²) in [4.78, 5) is 0. The molecule has 0 saturated carbocycles. The zero-order chi connectivity index (χ0) is 10.9. The highest BCUT2D eigenvalue weighted by atomic mass is 16.5. The molecule has 1 aromatic carbocycles. The summed E-state index contributed by atoms with van der Waals surface area (Å²) in [6, 6.07) is 5.98. The van der Waals surface area contributed by atoms with Crippen molar-refractivity contribution in [2.45, 2.75) is 13.3 Å². The third kappa shape index (κ3) is 1.79. The molecule has 82 valence electrons. The van der Waals surface area contributed by atoms with Crippen LogP contribution in [0, 0.1) is 5.41 Å². The number of methoxy groups -OCH3 is 1. The Morgan fingerprint density at radius 1 is 1.53 bits per heavy atom. The van der Waals surface area contributed by atoms with Crippen LogP contribution in [0.1, 0.15) is 12.5 Å². The SMILES string of the molecule is COc1cccc2c1OCC(C)(CN)C2. The Morgan fingerprint density at radius 3 is 3.00 bits per heavy atom. The zero-order valence-electron chi connectivity index (χ0n) is 9.25. The molecule has 0 fully saturated rings. The van der Waals surface area contributed by atoms with Crippen LogP contribution in [0.4, 0.5) is 0 Å². The summed E-state index contributed by atoms with van der Waals surface area (Å²) >= 11 is 0. The van der Waals surface area contributed by atoms with Crippen molar-refractivity contribution >= 4 is 0 Å². The van der Waals surface area contributed by atoms with Gasteiger partial charge in [0.15, 0.2) is 11.5 Å². The molecule has 3 nitrogen and oxygen atoms in total. The molecule has 0 saturated heterocycles. The summed E-state index contributed by atoms with van der Waals surface area (Å²) in [5, 5.41) is 0. The normalized spacial score (nSPS) is 24.2. The Labute approximate surface area is 90.2 Å². The first-order chi connectivity index (χ1) is 7.18. The van der Waals surface area contributed by atoms with Crippen LogP contribution >= 0.6 is 0 Å². The van der Waals surface area contributed by atoms with Gasteiger partial charge in [0.25, 0.3) is 0 Å². The van der Waals surface area contributed by atoms with Crippen LogP contribution in [0.25, 0.3) is 0 Å². The van der Waals surface area contributed by atoms with Crippen LogP contribution in [0.15, 0.2) is 18.2 Å². The van der Waals surface area contributed by atoms with Crippen molar-refractivity contribution in [3.05, 3.63) is 23.8 Å². The molecule has 1 aliphatic rings. The van der Waals surface area contributed by atoms with Crippen molar-refractivity contribution in [2.24, 2.45) is 11.1 Å². The van der Waals surface area contributed by atoms with Gasteiger partial charge < -0.3 is 15.2 Å². The maximum atomic E-state index is 5.75. The van der Waals surface area contributed by atoms with Gasteiger partial charge in [-0.3, -0.25) is 0 Å². The molecule has 0 radical (unpaired) electrons. The monoisotopic (exact) mass is 207 g/mol. The molecule has 0 aromatic heterocycles. The van der Waals surface area contributed by atoms with Crippen LogP contribution in [0.5, 0.6) is 11.5 Å². The van der Waals surface area contributed by atoms with Gasteiger partial charge >= 0.3 is 0 Å². The first kappa shape index (κ1) is 10.3. The number of hydrogen-bond acceptors (Lipinski definition) is 3. The van der Waals surface area contributed by atoms with Crippen molar-refractivity contribution in [3.8, 4) is 11.5 Å². The van der Waals surface area contributed by atoms with E-state index in [0.717, 1.165) is 17.9 Å². The molecule has 1 atom stereocenters. The van der Waals surface area contributed by atoms with Gasteiger partial charge in [-0.15, -0.1) is 0 Å². The van der Waals surface area contributed by atoms with Gasteiger partial charge in [-0.05, 0) is 18.1 Å². The second kappa shape index (κ2) is 3.74. The summed E-state index contributed by atoms with van der Waals surface area (Å²) < 4.78 is 11.0. The maximum absolute atomic E-state index is 5.75. The highest BCUT2D eigenvalue weighted by Gasteiger charge is 2.31. The van der Waals surface area contributed by atoms with Gasteiger partial charge in [0.1, 0.15) is 0 Å². The van der Waals surface area contributed by atoms with Crippen LogP contribution in [0.3, 0.4) is 0 Å². The van der Waals surface area contributed by atoms with E-state index >= 15 is 0 Å². The standard InChI is InChI=1S/C12H17NO2/c1-12(7-13)6-9-4-3-5-10(14-2)11(9)15-8-12/h3-5H,6-8,13H2,1-2H3. The molecule has 2 rings (SSSR count). The van der Waals surface area contributed by atoms with E-state index in [2.05, 4.69) is 13.0 Å². The minimum absolute atomic E-state index is 0.0549. The highest BCUT2D eigenvalue weighted by molar-refractivity contribution is 5.48. The van der Waals surface area contributed by atoms with E-state index in [1.807, 2.05) is 12.1 Å². The molecule has 0 bridgehead atoms. The molecule has 0 spiro atoms. The molecule has 3 heteroatoms. The fourth-order valence-corrected chi connectivity index (χ4v) is 1.91. The quantitative estimate of drug-likeness (QED) is 0.801. The van der Waals surface area contributed by atoms with E-state index in [1.165, 1.54) is 5.56 Å². The first-order valence-corrected chi connectivity index (χ1v) is 5.17. The van der Waals surface area contributed by atoms with Crippen molar-refractivity contribution < 1.29 is 9.47 Å². The lowest BCUT2D eigenvalue weighted by Crippen LogP contribution is -2.38. The lowest BCUT2D eigenvalue weighted by molar-refractivity contribution is 0.139. The van der Waals surface area contributed by atoms with Crippen molar-refractivity contribution in [2.75, 3.05) is 20.3 Å². The first-order valence-electron chi connectivity index (χ1n) is 5.17. The summed E-state index contributed by atoms with van der Waals surface area (Å²) in [5.41, 5.74) is 7.00. The molecular formula is C12H17NO2. The fraction of sp³-hybridized carbons (Fsp3) is 0.500. The molecular weight excluding hydrogens is 190 g/mol. The van der Waals surface area contributed by atoms with Crippen molar-refractivity contribution in [3.63, 3.8) is 0 Å². The number of nitrogens with two attached hydrogens (primary N) is 1. The molecule has 1 aromatic rings. The van der Waals surface area contributed by atoms with Gasteiger partial charge in [-0.1, -0.05) is 19.1 Å². The Hall–Kier alpha value is -1.22. The minimum atomic E-state index is 0.0549. The topological polar surface area (TPSA) is 44.5 Å². The molecule has 0 amide bonds. The smallest absolute Gasteiger partial charge is 0.164 e. The number of para-hydroxylation sites is 1. The van der Waals surface area contributed by atoms with Gasteiger partial charge in [-0.25, -0.2) is 0 Å². The van der Waals surface area contributed by atoms with E-state index in [9.17, 15) is 0 Å². The lowest BCUT2D eigenvalue weighted by atomic mass is 9.82. The second-order valence-electron chi connectivity index (χ2n) is 4.43. The van der Waals surface area contributed by atoms with Gasteiger partial charge in [-0.2, -0.15) is 0 Å². The average molecular weight is 207 g/mol. The summed E-state index contributed by atoms with van der Waals surface area (Å²) in [7, 11) is 1.66. The predicted molar refractivity (Wildman–Crippen MR) is 59.4 cm³/mol. The van der Waals surface area contributed by atoms with Crippen LogP contribution in [0.2, 0.25) is 0 Å². The van der Waals surface area contributed by atoms with E-state index in [4.69, 9.17) is 15.2 Å². The predicted octanol–water partition coefficient (Wildman–Crippen LogP) is 1.60. The third-order valence-corrected chi connectivity index (χ3v) is 2.96. The van der Waals surface area contributed by atoms with Gasteiger partial charge in [0, 0.05) is 12.0 Å². The maximum Gasteiger partial charge on any atom is 0.164 e. The zero-order valence-corrected chi connectivity index (χ0v) is 9.25. The Balaban J connectivity index is 2.35. The molecule has 1 unspecified atom stereocenters. The molecule has 1 heterocycles. The third-order valence-electron chi connectivity index (χ3n) is 2.96. The molecule has 1 aliphatic heterocycles. The van der Waals surface area contributed by atoms with Crippen LogP contribution in [-0.4, -0.2) is 20.3 Å². The Kier molecular flexibility index (Phi) is 2.57. The van der Waals surface area contributed by atoms with Crippen LogP contribution in [-0.2, 0) is 6.42 Å². The van der Waals surface area contributed by atoms with E-state index in [1.54, 1.807) is 7.11 Å². The summed E-state index contributed by atoms with van der Waals surface area (Å²) in [6.07, 6.45) is 0.954. The van der Waals surface area contributed by atoms with E-state index in [0.29, 0.717) is 13.2 Å². The average Bonchev–Trinajstić information content (AvgIpc) is 2.28. The summed E-state index contributed by atoms with van der Waals surface area (Å²) in [6.45, 7) is 3.45. The number of fused-ring (bicyclic) bond motifs is 1. The van der Waals surface area contributed by atoms with Gasteiger partial charge in [0.05, 0.1) is 13.7 Å². The number of ether oxygens (including phenoxy) is 2. The molecule has 0 aliphatic carbocycles. The minimum Gasteiger partial charge on any atom is -0.493 e. The van der Waals surface area contributed by atoms with E-state index < -0.39 is 0 Å². The summed E-state index contributed by atoms with van der Waals surface area (Å²) in [5.74, 6) is 1.69. The largest absolute Gasteiger partial charge is 0.493 e. The highest BCUT2D eigenvalue weighted by Crippen LogP contribution is 2.39. The fourth-order valence-electron chi connectivity index (χ4n) is 1.91. The second-order valence-corrected chi connectivity index (χ2v) is 4.43. The molecule has 15 heavy (non-hydrogen) atoms. The Morgan fingerprint density at radius 2 is 2.33 bits per heavy atom. The van der Waals surface area contributed by atoms with Crippen LogP contribution < -0.4 is 15.2 Å². The number of hydrogen-bond donors (Lipinski definition) is 1. The van der Waals surface area contributed by atoms with Crippen molar-refractivity contribution in [1.29, 1.82) is 0 Å². The van der Waals surface area contributed by atoms with Crippen molar-refractivity contribution in [1.82, 2.24) is 0 Å². The number of rotatable bonds is 2. The number of benzene rings is 1. The van der Waals surface area contributed by atoms with Gasteiger partial charge in [0.2, 0.25) is 0 Å². The van der Waals surface area contributed by atoms with E-state index in [-0.39, 0.29) is 5.41 Å². The lowest BCUT2D eigenvalue weighted by Gasteiger charge is -2.34.